The molecule has 0 atom stereocenters. The second-order valence-electron chi connectivity index (χ2n) is 8.85. The highest BCUT2D eigenvalue weighted by Gasteiger charge is 2.29. The minimum atomic E-state index is -1.59. The number of carbonyl (C=O) groups is 2. The average molecular weight is 478 g/mol. The Bertz CT molecular complexity index is 1060. The van der Waals surface area contributed by atoms with Crippen LogP contribution in [0.1, 0.15) is 36.7 Å². The third kappa shape index (κ3) is 5.67. The molecule has 0 unspecified atom stereocenters. The molecule has 0 radical (unpaired) electrons. The van der Waals surface area contributed by atoms with Crippen LogP contribution in [0, 0.1) is 11.6 Å². The van der Waals surface area contributed by atoms with E-state index in [0.717, 1.165) is 5.69 Å². The Labute approximate surface area is 197 Å². The van der Waals surface area contributed by atoms with E-state index in [1.807, 2.05) is 24.3 Å². The Balaban J connectivity index is 1.86. The summed E-state index contributed by atoms with van der Waals surface area (Å²) in [7, 11) is 1.58. The molecule has 8 nitrogen and oxygen atoms in total. The van der Waals surface area contributed by atoms with Gasteiger partial charge in [0.25, 0.3) is 0 Å². The standard InChI is InChI=1S/C24H29F2N3O5/c1-24(2,3)34-23(32)27-14-16-20(26)15(22(30)31)13-17(25)21(16)29-11-9-28(10-12-29)18-7-5-6-8-19(18)33-4/h5-8,13H,9-12,14H2,1-4H3,(H,27,32)(H,30,31). The molecule has 3 rings (SSSR count). The topological polar surface area (TPSA) is 91.3 Å². The van der Waals surface area contributed by atoms with Crippen LogP contribution in [-0.2, 0) is 11.3 Å². The van der Waals surface area contributed by atoms with E-state index >= 15 is 8.78 Å². The van der Waals surface area contributed by atoms with E-state index < -0.39 is 41.4 Å². The van der Waals surface area contributed by atoms with Crippen molar-refractivity contribution in [3.8, 4) is 5.75 Å². The number of nitrogens with one attached hydrogen (secondary N) is 1. The molecule has 1 heterocycles. The van der Waals surface area contributed by atoms with Gasteiger partial charge in [-0.05, 0) is 39.0 Å². The fourth-order valence-electron chi connectivity index (χ4n) is 3.86. The number of carboxylic acid groups (broad SMARTS) is 1. The maximum Gasteiger partial charge on any atom is 0.407 e. The van der Waals surface area contributed by atoms with Gasteiger partial charge in [-0.2, -0.15) is 0 Å². The number of amides is 1. The minimum absolute atomic E-state index is 0.0711. The molecule has 1 amide bonds. The number of carbonyl (C=O) groups excluding carboxylic acids is 1. The Hall–Kier alpha value is -3.56. The van der Waals surface area contributed by atoms with Crippen LogP contribution in [-0.4, -0.2) is 56.1 Å². The lowest BCUT2D eigenvalue weighted by atomic mass is 10.0. The maximum absolute atomic E-state index is 15.2. The minimum Gasteiger partial charge on any atom is -0.495 e. The number of para-hydroxylation sites is 2. The molecule has 184 valence electrons. The molecular formula is C24H29F2N3O5. The van der Waals surface area contributed by atoms with Gasteiger partial charge in [0, 0.05) is 31.7 Å². The highest BCUT2D eigenvalue weighted by atomic mass is 19.1. The fourth-order valence-corrected chi connectivity index (χ4v) is 3.86. The van der Waals surface area contributed by atoms with E-state index in [2.05, 4.69) is 10.2 Å². The smallest absolute Gasteiger partial charge is 0.407 e. The van der Waals surface area contributed by atoms with Crippen molar-refractivity contribution in [2.45, 2.75) is 32.9 Å². The molecule has 34 heavy (non-hydrogen) atoms. The van der Waals surface area contributed by atoms with Gasteiger partial charge in [-0.3, -0.25) is 0 Å². The SMILES string of the molecule is COc1ccccc1N1CCN(c2c(F)cc(C(=O)O)c(F)c2CNC(=O)OC(C)(C)C)CC1. The zero-order valence-electron chi connectivity index (χ0n) is 19.7. The lowest BCUT2D eigenvalue weighted by Crippen LogP contribution is -2.47. The Morgan fingerprint density at radius 2 is 1.71 bits per heavy atom. The third-order valence-electron chi connectivity index (χ3n) is 5.35. The van der Waals surface area contributed by atoms with Gasteiger partial charge in [0.2, 0.25) is 0 Å². The molecule has 0 spiro atoms. The second-order valence-corrected chi connectivity index (χ2v) is 8.85. The summed E-state index contributed by atoms with van der Waals surface area (Å²) in [6.07, 6.45) is -0.819. The van der Waals surface area contributed by atoms with Crippen LogP contribution in [0.2, 0.25) is 0 Å². The van der Waals surface area contributed by atoms with E-state index in [1.54, 1.807) is 32.8 Å². The van der Waals surface area contributed by atoms with Crippen molar-refractivity contribution in [3.63, 3.8) is 0 Å². The number of nitrogens with zero attached hydrogens (tertiary/aromatic N) is 2. The quantitative estimate of drug-likeness (QED) is 0.649. The summed E-state index contributed by atoms with van der Waals surface area (Å²) in [6, 6.07) is 8.21. The molecule has 1 aliphatic heterocycles. The van der Waals surface area contributed by atoms with Gasteiger partial charge in [-0.15, -0.1) is 0 Å². The number of piperazine rings is 1. The Kier molecular flexibility index (Phi) is 7.48. The number of hydrogen-bond acceptors (Lipinski definition) is 6. The van der Waals surface area contributed by atoms with Crippen molar-refractivity contribution >= 4 is 23.4 Å². The van der Waals surface area contributed by atoms with Crippen molar-refractivity contribution in [2.24, 2.45) is 0 Å². The summed E-state index contributed by atoms with van der Waals surface area (Å²) >= 11 is 0. The van der Waals surface area contributed by atoms with Crippen LogP contribution in [0.25, 0.3) is 0 Å². The van der Waals surface area contributed by atoms with Gasteiger partial charge in [0.15, 0.2) is 0 Å². The number of carboxylic acids is 1. The first-order valence-electron chi connectivity index (χ1n) is 10.9. The summed E-state index contributed by atoms with van der Waals surface area (Å²) in [6.45, 7) is 6.28. The number of benzene rings is 2. The molecular weight excluding hydrogens is 448 g/mol. The largest absolute Gasteiger partial charge is 0.495 e. The van der Waals surface area contributed by atoms with Gasteiger partial charge in [0.1, 0.15) is 23.0 Å². The van der Waals surface area contributed by atoms with Crippen LogP contribution < -0.4 is 19.9 Å². The first kappa shape index (κ1) is 25.1. The summed E-state index contributed by atoms with van der Waals surface area (Å²) in [5.41, 5.74) is -1.000. The number of alkyl carbamates (subject to hydrolysis) is 1. The molecule has 0 bridgehead atoms. The predicted octanol–water partition coefficient (Wildman–Crippen LogP) is 4.02. The second kappa shape index (κ2) is 10.1. The molecule has 1 aliphatic rings. The zero-order valence-corrected chi connectivity index (χ0v) is 19.7. The number of rotatable bonds is 6. The maximum atomic E-state index is 15.2. The Morgan fingerprint density at radius 3 is 2.29 bits per heavy atom. The molecule has 0 aromatic heterocycles. The van der Waals surface area contributed by atoms with Crippen molar-refractivity contribution in [1.82, 2.24) is 5.32 Å². The van der Waals surface area contributed by atoms with Crippen molar-refractivity contribution in [3.05, 3.63) is 53.1 Å². The van der Waals surface area contributed by atoms with Crippen LogP contribution >= 0.6 is 0 Å². The van der Waals surface area contributed by atoms with E-state index in [4.69, 9.17) is 9.47 Å². The highest BCUT2D eigenvalue weighted by molar-refractivity contribution is 5.89. The average Bonchev–Trinajstić information content (AvgIpc) is 2.78. The molecule has 2 N–H and O–H groups in total. The summed E-state index contributed by atoms with van der Waals surface area (Å²) in [5.74, 6) is -2.85. The van der Waals surface area contributed by atoms with E-state index in [9.17, 15) is 14.7 Å². The van der Waals surface area contributed by atoms with Gasteiger partial charge in [-0.25, -0.2) is 18.4 Å². The van der Waals surface area contributed by atoms with Crippen LogP contribution in [0.4, 0.5) is 25.0 Å². The van der Waals surface area contributed by atoms with Crippen LogP contribution in [0.15, 0.2) is 30.3 Å². The third-order valence-corrected chi connectivity index (χ3v) is 5.35. The van der Waals surface area contributed by atoms with E-state index in [1.165, 1.54) is 0 Å². The molecule has 2 aromatic carbocycles. The molecule has 0 aliphatic carbocycles. The number of hydrogen-bond donors (Lipinski definition) is 2. The first-order valence-corrected chi connectivity index (χ1v) is 10.9. The van der Waals surface area contributed by atoms with Gasteiger partial charge in [-0.1, -0.05) is 12.1 Å². The first-order chi connectivity index (χ1) is 16.0. The number of anilines is 2. The van der Waals surface area contributed by atoms with Gasteiger partial charge < -0.3 is 29.7 Å². The lowest BCUT2D eigenvalue weighted by Gasteiger charge is -2.38. The van der Waals surface area contributed by atoms with E-state index in [0.29, 0.717) is 38.0 Å². The van der Waals surface area contributed by atoms with Crippen molar-refractivity contribution < 1.29 is 33.0 Å². The van der Waals surface area contributed by atoms with Crippen molar-refractivity contribution in [1.29, 1.82) is 0 Å². The zero-order chi connectivity index (χ0) is 25.0. The number of aromatic carboxylic acids is 1. The summed E-state index contributed by atoms with van der Waals surface area (Å²) in [4.78, 5) is 27.3. The fraction of sp³-hybridized carbons (Fsp3) is 0.417. The highest BCUT2D eigenvalue weighted by Crippen LogP contribution is 2.33. The molecule has 2 aromatic rings. The number of methoxy groups -OCH3 is 1. The normalized spacial score (nSPS) is 14.1. The molecule has 10 heteroatoms. The van der Waals surface area contributed by atoms with Crippen LogP contribution in [0.5, 0.6) is 5.75 Å². The number of halogens is 2. The predicted molar refractivity (Wildman–Crippen MR) is 124 cm³/mol. The summed E-state index contributed by atoms with van der Waals surface area (Å²) < 4.78 is 40.9. The molecule has 1 fully saturated rings. The number of ether oxygens (including phenoxy) is 2. The van der Waals surface area contributed by atoms with Crippen molar-refractivity contribution in [2.75, 3.05) is 43.1 Å². The Morgan fingerprint density at radius 1 is 1.09 bits per heavy atom. The van der Waals surface area contributed by atoms with Gasteiger partial charge in [0.05, 0.1) is 30.6 Å². The van der Waals surface area contributed by atoms with E-state index in [-0.39, 0.29) is 11.3 Å². The molecule has 1 saturated heterocycles. The summed E-state index contributed by atoms with van der Waals surface area (Å²) in [5, 5.41) is 11.7. The van der Waals surface area contributed by atoms with Crippen LogP contribution in [0.3, 0.4) is 0 Å². The lowest BCUT2D eigenvalue weighted by molar-refractivity contribution is 0.0523. The monoisotopic (exact) mass is 477 g/mol. The van der Waals surface area contributed by atoms with Gasteiger partial charge >= 0.3 is 12.1 Å². The molecule has 0 saturated carbocycles.